The minimum absolute atomic E-state index is 0.502. The molecule has 82 valence electrons. The van der Waals surface area contributed by atoms with Crippen LogP contribution in [0.5, 0.6) is 5.88 Å². The molecule has 1 atom stereocenters. The van der Waals surface area contributed by atoms with Crippen molar-refractivity contribution >= 4 is 0 Å². The molecule has 1 N–H and O–H groups in total. The molecule has 0 spiro atoms. The van der Waals surface area contributed by atoms with Crippen molar-refractivity contribution in [2.24, 2.45) is 0 Å². The van der Waals surface area contributed by atoms with Gasteiger partial charge < -0.3 is 10.1 Å². The quantitative estimate of drug-likeness (QED) is 0.820. The van der Waals surface area contributed by atoms with Crippen molar-refractivity contribution in [3.8, 4) is 5.88 Å². The van der Waals surface area contributed by atoms with Gasteiger partial charge in [-0.2, -0.15) is 0 Å². The van der Waals surface area contributed by atoms with Crippen LogP contribution in [0.15, 0.2) is 18.3 Å². The zero-order chi connectivity index (χ0) is 10.5. The summed E-state index contributed by atoms with van der Waals surface area (Å²) in [6.07, 6.45) is 5.65. The van der Waals surface area contributed by atoms with Crippen LogP contribution in [0.1, 0.15) is 24.8 Å². The van der Waals surface area contributed by atoms with E-state index in [0.29, 0.717) is 6.04 Å². The topological polar surface area (TPSA) is 34.1 Å². The second-order valence-corrected chi connectivity index (χ2v) is 4.13. The van der Waals surface area contributed by atoms with Gasteiger partial charge in [0.05, 0.1) is 0 Å². The number of pyridine rings is 1. The van der Waals surface area contributed by atoms with E-state index in [9.17, 15) is 0 Å². The summed E-state index contributed by atoms with van der Waals surface area (Å²) in [5.41, 5.74) is 1.16. The molecule has 0 amide bonds. The van der Waals surface area contributed by atoms with E-state index < -0.39 is 0 Å². The highest BCUT2D eigenvalue weighted by atomic mass is 16.5. The Hall–Kier alpha value is -1.09. The predicted molar refractivity (Wildman–Crippen MR) is 60.1 cm³/mol. The van der Waals surface area contributed by atoms with E-state index in [1.165, 1.54) is 19.3 Å². The van der Waals surface area contributed by atoms with E-state index in [0.717, 1.165) is 24.6 Å². The molecule has 1 aromatic rings. The lowest BCUT2D eigenvalue weighted by Crippen LogP contribution is -2.38. The minimum atomic E-state index is 0.502. The molecule has 1 aromatic heterocycles. The Morgan fingerprint density at radius 1 is 1.47 bits per heavy atom. The maximum atomic E-state index is 5.63. The van der Waals surface area contributed by atoms with E-state index in [-0.39, 0.29) is 0 Å². The molecule has 3 nitrogen and oxygen atoms in total. The summed E-state index contributed by atoms with van der Waals surface area (Å²) in [6, 6.07) is 4.45. The molecule has 15 heavy (non-hydrogen) atoms. The fraction of sp³-hybridized carbons (Fsp3) is 0.583. The molecule has 1 saturated heterocycles. The van der Waals surface area contributed by atoms with Crippen LogP contribution in [0.4, 0.5) is 0 Å². The average molecular weight is 206 g/mol. The largest absolute Gasteiger partial charge is 0.476 e. The third kappa shape index (κ3) is 3.20. The summed E-state index contributed by atoms with van der Waals surface area (Å²) >= 11 is 0. The van der Waals surface area contributed by atoms with Gasteiger partial charge in [0, 0.05) is 18.3 Å². The Morgan fingerprint density at radius 3 is 3.07 bits per heavy atom. The molecule has 0 radical (unpaired) electrons. The Labute approximate surface area is 90.9 Å². The van der Waals surface area contributed by atoms with Crippen LogP contribution in [0.2, 0.25) is 0 Å². The first kappa shape index (κ1) is 10.4. The molecule has 1 fully saturated rings. The number of piperidine rings is 1. The smallest absolute Gasteiger partial charge is 0.213 e. The Balaban J connectivity index is 1.79. The third-order valence-corrected chi connectivity index (χ3v) is 2.73. The number of hydrogen-bond acceptors (Lipinski definition) is 3. The number of aryl methyl sites for hydroxylation is 1. The summed E-state index contributed by atoms with van der Waals surface area (Å²) in [5, 5.41) is 3.45. The first-order valence-electron chi connectivity index (χ1n) is 5.63. The van der Waals surface area contributed by atoms with Crippen molar-refractivity contribution in [3.05, 3.63) is 23.9 Å². The fourth-order valence-electron chi connectivity index (χ4n) is 1.79. The summed E-state index contributed by atoms with van der Waals surface area (Å²) < 4.78 is 5.63. The van der Waals surface area contributed by atoms with Gasteiger partial charge in [0.15, 0.2) is 0 Å². The van der Waals surface area contributed by atoms with E-state index >= 15 is 0 Å². The maximum absolute atomic E-state index is 5.63. The number of nitrogens with zero attached hydrogens (tertiary/aromatic N) is 1. The first-order chi connectivity index (χ1) is 7.34. The van der Waals surface area contributed by atoms with Gasteiger partial charge in [-0.25, -0.2) is 4.98 Å². The maximum Gasteiger partial charge on any atom is 0.213 e. The van der Waals surface area contributed by atoms with Gasteiger partial charge in [-0.3, -0.25) is 0 Å². The van der Waals surface area contributed by atoms with Crippen molar-refractivity contribution in [3.63, 3.8) is 0 Å². The molecule has 3 heteroatoms. The van der Waals surface area contributed by atoms with Crippen LogP contribution in [-0.4, -0.2) is 24.2 Å². The number of rotatable bonds is 3. The van der Waals surface area contributed by atoms with E-state index in [1.54, 1.807) is 0 Å². The number of ether oxygens (including phenoxy) is 1. The molecule has 0 saturated carbocycles. The van der Waals surface area contributed by atoms with Crippen molar-refractivity contribution in [2.75, 3.05) is 13.2 Å². The molecule has 1 aliphatic heterocycles. The van der Waals surface area contributed by atoms with Gasteiger partial charge >= 0.3 is 0 Å². The lowest BCUT2D eigenvalue weighted by atomic mass is 10.1. The summed E-state index contributed by atoms with van der Waals surface area (Å²) in [5.74, 6) is 0.730. The fourth-order valence-corrected chi connectivity index (χ4v) is 1.79. The molecular weight excluding hydrogens is 188 g/mol. The number of hydrogen-bond donors (Lipinski definition) is 1. The molecule has 2 heterocycles. The predicted octanol–water partition coefficient (Wildman–Crippen LogP) is 1.91. The van der Waals surface area contributed by atoms with Crippen LogP contribution in [0.25, 0.3) is 0 Å². The van der Waals surface area contributed by atoms with Crippen molar-refractivity contribution < 1.29 is 4.74 Å². The summed E-state index contributed by atoms with van der Waals surface area (Å²) in [6.45, 7) is 3.88. The van der Waals surface area contributed by atoms with Crippen LogP contribution in [-0.2, 0) is 0 Å². The van der Waals surface area contributed by atoms with Crippen molar-refractivity contribution in [1.29, 1.82) is 0 Å². The van der Waals surface area contributed by atoms with Crippen molar-refractivity contribution in [1.82, 2.24) is 10.3 Å². The van der Waals surface area contributed by atoms with Gasteiger partial charge in [-0.05, 0) is 31.9 Å². The molecule has 1 aliphatic rings. The monoisotopic (exact) mass is 206 g/mol. The van der Waals surface area contributed by atoms with Crippen LogP contribution in [0.3, 0.4) is 0 Å². The van der Waals surface area contributed by atoms with Gasteiger partial charge in [0.2, 0.25) is 5.88 Å². The molecular formula is C12H18N2O. The zero-order valence-corrected chi connectivity index (χ0v) is 9.20. The van der Waals surface area contributed by atoms with Crippen molar-refractivity contribution in [2.45, 2.75) is 32.2 Å². The van der Waals surface area contributed by atoms with Gasteiger partial charge in [-0.1, -0.05) is 12.5 Å². The molecule has 2 rings (SSSR count). The van der Waals surface area contributed by atoms with E-state index in [1.807, 2.05) is 25.3 Å². The Bertz CT molecular complexity index is 291. The number of aromatic nitrogens is 1. The molecule has 0 unspecified atom stereocenters. The minimum Gasteiger partial charge on any atom is -0.476 e. The van der Waals surface area contributed by atoms with Crippen LogP contribution >= 0.6 is 0 Å². The highest BCUT2D eigenvalue weighted by molar-refractivity contribution is 5.16. The highest BCUT2D eigenvalue weighted by Gasteiger charge is 2.12. The second-order valence-electron chi connectivity index (χ2n) is 4.13. The molecule has 0 aromatic carbocycles. The van der Waals surface area contributed by atoms with Crippen LogP contribution in [0, 0.1) is 6.92 Å². The molecule has 0 aliphatic carbocycles. The lowest BCUT2D eigenvalue weighted by Gasteiger charge is -2.23. The second kappa shape index (κ2) is 5.12. The third-order valence-electron chi connectivity index (χ3n) is 2.73. The number of nitrogens with one attached hydrogen (secondary N) is 1. The van der Waals surface area contributed by atoms with E-state index in [4.69, 9.17) is 4.74 Å². The average Bonchev–Trinajstić information content (AvgIpc) is 2.30. The normalized spacial score (nSPS) is 21.3. The van der Waals surface area contributed by atoms with E-state index in [2.05, 4.69) is 10.3 Å². The lowest BCUT2D eigenvalue weighted by molar-refractivity contribution is 0.232. The van der Waals surface area contributed by atoms with Gasteiger partial charge in [0.25, 0.3) is 0 Å². The summed E-state index contributed by atoms with van der Waals surface area (Å²) in [4.78, 5) is 4.21. The molecule has 0 bridgehead atoms. The Kier molecular flexibility index (Phi) is 3.56. The SMILES string of the molecule is Cc1ccc(OC[C@@H]2CCCCN2)nc1. The summed E-state index contributed by atoms with van der Waals surface area (Å²) in [7, 11) is 0. The zero-order valence-electron chi connectivity index (χ0n) is 9.20. The highest BCUT2D eigenvalue weighted by Crippen LogP contribution is 2.10. The Morgan fingerprint density at radius 2 is 2.40 bits per heavy atom. The van der Waals surface area contributed by atoms with Gasteiger partial charge in [0.1, 0.15) is 6.61 Å². The van der Waals surface area contributed by atoms with Crippen LogP contribution < -0.4 is 10.1 Å². The first-order valence-corrected chi connectivity index (χ1v) is 5.63. The van der Waals surface area contributed by atoms with Gasteiger partial charge in [-0.15, -0.1) is 0 Å². The standard InChI is InChI=1S/C12H18N2O/c1-10-5-6-12(14-8-10)15-9-11-4-2-3-7-13-11/h5-6,8,11,13H,2-4,7,9H2,1H3/t11-/m0/s1.